The molecule has 0 bridgehead atoms. The number of hydrogen-bond donors (Lipinski definition) is 2. The monoisotopic (exact) mass is 236 g/mol. The van der Waals surface area contributed by atoms with E-state index in [2.05, 4.69) is 5.32 Å². The van der Waals surface area contributed by atoms with E-state index in [1.54, 1.807) is 36.0 Å². The van der Waals surface area contributed by atoms with Crippen LogP contribution in [0.4, 0.5) is 0 Å². The van der Waals surface area contributed by atoms with Crippen LogP contribution in [0.25, 0.3) is 5.70 Å². The van der Waals surface area contributed by atoms with E-state index in [4.69, 9.17) is 5.11 Å². The number of hydrogen-bond acceptors (Lipinski definition) is 3. The third-order valence-electron chi connectivity index (χ3n) is 2.31. The number of carboxylic acids is 1. The molecule has 0 saturated heterocycles. The predicted molar refractivity (Wildman–Crippen MR) is 64.3 cm³/mol. The number of aromatic nitrogens is 1. The summed E-state index contributed by atoms with van der Waals surface area (Å²) in [5.41, 5.74) is 0.778. The molecular formula is C12H16N2O3. The van der Waals surface area contributed by atoms with Gasteiger partial charge in [-0.1, -0.05) is 0 Å². The minimum atomic E-state index is -0.985. The topological polar surface area (TPSA) is 71.3 Å². The highest BCUT2D eigenvalue weighted by atomic mass is 16.4. The van der Waals surface area contributed by atoms with Crippen LogP contribution in [0.5, 0.6) is 0 Å². The fourth-order valence-electron chi connectivity index (χ4n) is 1.49. The van der Waals surface area contributed by atoms with Crippen LogP contribution in [0.1, 0.15) is 19.8 Å². The minimum absolute atomic E-state index is 0.195. The Labute approximate surface area is 99.7 Å². The van der Waals surface area contributed by atoms with Crippen molar-refractivity contribution in [3.63, 3.8) is 0 Å². The highest BCUT2D eigenvalue weighted by Crippen LogP contribution is 2.09. The van der Waals surface area contributed by atoms with Crippen molar-refractivity contribution in [1.29, 1.82) is 0 Å². The van der Waals surface area contributed by atoms with Gasteiger partial charge in [0.15, 0.2) is 0 Å². The first kappa shape index (κ1) is 13.0. The summed E-state index contributed by atoms with van der Waals surface area (Å²) >= 11 is 0. The molecule has 1 heterocycles. The zero-order valence-electron chi connectivity index (χ0n) is 9.72. The number of aldehydes is 1. The maximum atomic E-state index is 11.2. The number of unbranched alkanes of at least 4 members (excludes halogenated alkanes) is 1. The van der Waals surface area contributed by atoms with E-state index in [1.807, 2.05) is 0 Å². The van der Waals surface area contributed by atoms with Gasteiger partial charge in [0.1, 0.15) is 12.0 Å². The first-order valence-corrected chi connectivity index (χ1v) is 5.42. The number of carbonyl (C=O) groups excluding carboxylic acids is 1. The van der Waals surface area contributed by atoms with E-state index in [0.29, 0.717) is 25.1 Å². The van der Waals surface area contributed by atoms with E-state index in [9.17, 15) is 9.59 Å². The van der Waals surface area contributed by atoms with Gasteiger partial charge in [0.2, 0.25) is 0 Å². The second kappa shape index (κ2) is 6.52. The first-order valence-electron chi connectivity index (χ1n) is 5.42. The van der Waals surface area contributed by atoms with Crippen molar-refractivity contribution < 1.29 is 14.7 Å². The minimum Gasteiger partial charge on any atom is -0.477 e. The lowest BCUT2D eigenvalue weighted by Crippen LogP contribution is -2.19. The summed E-state index contributed by atoms with van der Waals surface area (Å²) in [6.07, 6.45) is 5.39. The van der Waals surface area contributed by atoms with Crippen molar-refractivity contribution in [3.05, 3.63) is 30.2 Å². The zero-order valence-corrected chi connectivity index (χ0v) is 9.72. The van der Waals surface area contributed by atoms with E-state index in [-0.39, 0.29) is 5.70 Å². The Hall–Kier alpha value is -2.04. The molecule has 0 aromatic carbocycles. The molecule has 5 nitrogen and oxygen atoms in total. The fourth-order valence-corrected chi connectivity index (χ4v) is 1.49. The van der Waals surface area contributed by atoms with Gasteiger partial charge in [-0.25, -0.2) is 4.79 Å². The Morgan fingerprint density at radius 3 is 2.59 bits per heavy atom. The van der Waals surface area contributed by atoms with Gasteiger partial charge in [0.05, 0.1) is 0 Å². The summed E-state index contributed by atoms with van der Waals surface area (Å²) in [4.78, 5) is 21.3. The molecule has 0 aliphatic rings. The number of carbonyl (C=O) groups is 2. The summed E-state index contributed by atoms with van der Waals surface area (Å²) in [7, 11) is 0. The number of carboxylic acid groups (broad SMARTS) is 1. The molecule has 1 rings (SSSR count). The van der Waals surface area contributed by atoms with Gasteiger partial charge in [-0.05, 0) is 25.5 Å². The Morgan fingerprint density at radius 1 is 1.41 bits per heavy atom. The molecule has 17 heavy (non-hydrogen) atoms. The molecule has 92 valence electrons. The van der Waals surface area contributed by atoms with Gasteiger partial charge in [-0.2, -0.15) is 0 Å². The van der Waals surface area contributed by atoms with Crippen molar-refractivity contribution >= 4 is 18.0 Å². The van der Waals surface area contributed by atoms with Crippen molar-refractivity contribution in [2.24, 2.45) is 0 Å². The third-order valence-corrected chi connectivity index (χ3v) is 2.31. The van der Waals surface area contributed by atoms with Crippen LogP contribution in [0.2, 0.25) is 0 Å². The lowest BCUT2D eigenvalue weighted by atomic mass is 10.3. The van der Waals surface area contributed by atoms with Crippen LogP contribution < -0.4 is 5.32 Å². The largest absolute Gasteiger partial charge is 0.477 e. The molecule has 0 fully saturated rings. The zero-order chi connectivity index (χ0) is 12.7. The number of nitrogens with one attached hydrogen (secondary N) is 1. The van der Waals surface area contributed by atoms with Crippen molar-refractivity contribution in [3.8, 4) is 0 Å². The van der Waals surface area contributed by atoms with E-state index in [0.717, 1.165) is 6.29 Å². The Balaban J connectivity index is 2.74. The lowest BCUT2D eigenvalue weighted by Gasteiger charge is -2.11. The molecule has 0 atom stereocenters. The summed E-state index contributed by atoms with van der Waals surface area (Å²) in [6, 6.07) is 3.53. The number of rotatable bonds is 7. The lowest BCUT2D eigenvalue weighted by molar-refractivity contribution is -0.130. The molecular weight excluding hydrogens is 220 g/mol. The molecule has 2 N–H and O–H groups in total. The first-order chi connectivity index (χ1) is 8.16. The van der Waals surface area contributed by atoms with Crippen LogP contribution in [-0.4, -0.2) is 28.5 Å². The average Bonchev–Trinajstić information content (AvgIpc) is 2.77. The van der Waals surface area contributed by atoms with Crippen molar-refractivity contribution in [2.75, 3.05) is 6.54 Å². The maximum Gasteiger partial charge on any atom is 0.354 e. The van der Waals surface area contributed by atoms with Crippen LogP contribution in [0.3, 0.4) is 0 Å². The fraction of sp³-hybridized carbons (Fsp3) is 0.333. The second-order valence-electron chi connectivity index (χ2n) is 3.60. The van der Waals surface area contributed by atoms with E-state index >= 15 is 0 Å². The highest BCUT2D eigenvalue weighted by molar-refractivity contribution is 6.09. The van der Waals surface area contributed by atoms with Crippen LogP contribution in [0, 0.1) is 0 Å². The summed E-state index contributed by atoms with van der Waals surface area (Å²) < 4.78 is 1.55. The molecule has 0 amide bonds. The number of allylic oxidation sites excluding steroid dienone is 1. The summed E-state index contributed by atoms with van der Waals surface area (Å²) in [6.45, 7) is 2.30. The van der Waals surface area contributed by atoms with Gasteiger partial charge in [0.25, 0.3) is 0 Å². The SMILES string of the molecule is CC(NCCCC=O)=C(C(=O)O)n1cccc1. The Morgan fingerprint density at radius 2 is 2.06 bits per heavy atom. The molecule has 0 aliphatic heterocycles. The summed E-state index contributed by atoms with van der Waals surface area (Å²) in [5.74, 6) is -0.985. The van der Waals surface area contributed by atoms with Gasteiger partial charge in [0, 0.05) is 31.1 Å². The van der Waals surface area contributed by atoms with Gasteiger partial charge in [-0.3, -0.25) is 0 Å². The molecule has 0 aliphatic carbocycles. The van der Waals surface area contributed by atoms with Crippen molar-refractivity contribution in [1.82, 2.24) is 9.88 Å². The molecule has 1 aromatic rings. The van der Waals surface area contributed by atoms with Crippen LogP contribution in [0.15, 0.2) is 30.2 Å². The molecule has 5 heteroatoms. The number of nitrogens with zero attached hydrogens (tertiary/aromatic N) is 1. The van der Waals surface area contributed by atoms with Gasteiger partial charge >= 0.3 is 5.97 Å². The number of aliphatic carboxylic acids is 1. The summed E-state index contributed by atoms with van der Waals surface area (Å²) in [5, 5.41) is 12.1. The second-order valence-corrected chi connectivity index (χ2v) is 3.60. The average molecular weight is 236 g/mol. The molecule has 0 radical (unpaired) electrons. The Kier molecular flexibility index (Phi) is 5.00. The van der Waals surface area contributed by atoms with Gasteiger partial charge in [-0.15, -0.1) is 0 Å². The van der Waals surface area contributed by atoms with E-state index in [1.165, 1.54) is 0 Å². The predicted octanol–water partition coefficient (Wildman–Crippen LogP) is 1.33. The molecule has 0 spiro atoms. The van der Waals surface area contributed by atoms with Gasteiger partial charge < -0.3 is 19.8 Å². The highest BCUT2D eigenvalue weighted by Gasteiger charge is 2.12. The van der Waals surface area contributed by atoms with Crippen LogP contribution in [-0.2, 0) is 9.59 Å². The molecule has 0 saturated carbocycles. The van der Waals surface area contributed by atoms with Crippen molar-refractivity contribution in [2.45, 2.75) is 19.8 Å². The van der Waals surface area contributed by atoms with Crippen LogP contribution >= 0.6 is 0 Å². The quantitative estimate of drug-likeness (QED) is 0.425. The standard InChI is InChI=1S/C12H16N2O3/c1-10(13-6-2-5-9-15)11(12(16)17)14-7-3-4-8-14/h3-4,7-9,13H,2,5-6H2,1H3,(H,16,17). The normalized spacial score (nSPS) is 11.8. The smallest absolute Gasteiger partial charge is 0.354 e. The molecule has 1 aromatic heterocycles. The van der Waals surface area contributed by atoms with E-state index < -0.39 is 5.97 Å². The third kappa shape index (κ3) is 3.79. The maximum absolute atomic E-state index is 11.2. The molecule has 0 unspecified atom stereocenters. The Bertz CT molecular complexity index is 407.